The maximum absolute atomic E-state index is 11.1. The Labute approximate surface area is 130 Å². The van der Waals surface area contributed by atoms with E-state index in [0.717, 1.165) is 32.3 Å². The van der Waals surface area contributed by atoms with E-state index in [0.29, 0.717) is 0 Å². The number of aromatic nitrogens is 2. The fraction of sp³-hybridized carbons (Fsp3) is 0.125. The quantitative estimate of drug-likeness (QED) is 0.761. The molecular formula is C16H13BrN2O2. The molecule has 0 fully saturated rings. The minimum absolute atomic E-state index is 0.259. The van der Waals surface area contributed by atoms with Gasteiger partial charge in [-0.15, -0.1) is 0 Å². The van der Waals surface area contributed by atoms with Crippen LogP contribution in [0.5, 0.6) is 0 Å². The van der Waals surface area contributed by atoms with Gasteiger partial charge in [-0.05, 0) is 55.3 Å². The summed E-state index contributed by atoms with van der Waals surface area (Å²) < 4.78 is 3.00. The van der Waals surface area contributed by atoms with Crippen LogP contribution in [0, 0.1) is 13.8 Å². The Morgan fingerprint density at radius 2 is 1.86 bits per heavy atom. The van der Waals surface area contributed by atoms with Crippen LogP contribution in [-0.2, 0) is 0 Å². The summed E-state index contributed by atoms with van der Waals surface area (Å²) in [4.78, 5) is 15.5. The van der Waals surface area contributed by atoms with Gasteiger partial charge in [-0.3, -0.25) is 4.57 Å². The molecule has 0 bridgehead atoms. The Morgan fingerprint density at radius 1 is 1.19 bits per heavy atom. The highest BCUT2D eigenvalue weighted by atomic mass is 79.9. The molecule has 0 amide bonds. The Hall–Kier alpha value is -2.14. The van der Waals surface area contributed by atoms with E-state index < -0.39 is 5.97 Å². The van der Waals surface area contributed by atoms with Gasteiger partial charge < -0.3 is 5.11 Å². The van der Waals surface area contributed by atoms with E-state index in [1.807, 2.05) is 30.5 Å². The number of halogens is 1. The van der Waals surface area contributed by atoms with Crippen molar-refractivity contribution in [2.45, 2.75) is 13.8 Å². The van der Waals surface area contributed by atoms with Gasteiger partial charge in [0.2, 0.25) is 0 Å². The van der Waals surface area contributed by atoms with E-state index in [1.54, 1.807) is 24.5 Å². The Balaban J connectivity index is 2.25. The molecule has 5 heteroatoms. The Kier molecular flexibility index (Phi) is 3.29. The van der Waals surface area contributed by atoms with Crippen LogP contribution in [0.15, 0.2) is 41.1 Å². The van der Waals surface area contributed by atoms with Crippen molar-refractivity contribution in [2.75, 3.05) is 0 Å². The lowest BCUT2D eigenvalue weighted by Gasteiger charge is -2.10. The third-order valence-corrected chi connectivity index (χ3v) is 4.74. The molecule has 0 saturated heterocycles. The molecule has 0 aliphatic rings. The van der Waals surface area contributed by atoms with E-state index in [4.69, 9.17) is 5.11 Å². The van der Waals surface area contributed by atoms with Crippen molar-refractivity contribution in [3.05, 3.63) is 57.8 Å². The first-order chi connectivity index (χ1) is 9.97. The molecule has 3 rings (SSSR count). The Bertz CT molecular complexity index is 845. The molecule has 0 spiro atoms. The number of carbonyl (C=O) groups is 1. The highest BCUT2D eigenvalue weighted by Gasteiger charge is 2.10. The number of aryl methyl sites for hydroxylation is 2. The van der Waals surface area contributed by atoms with Crippen LogP contribution >= 0.6 is 15.9 Å². The molecule has 21 heavy (non-hydrogen) atoms. The zero-order valence-electron chi connectivity index (χ0n) is 11.6. The van der Waals surface area contributed by atoms with Gasteiger partial charge in [0, 0.05) is 10.2 Å². The van der Waals surface area contributed by atoms with Crippen LogP contribution < -0.4 is 0 Å². The number of hydrogen-bond acceptors (Lipinski definition) is 2. The van der Waals surface area contributed by atoms with Crippen LogP contribution in [0.4, 0.5) is 0 Å². The molecule has 106 valence electrons. The number of nitrogens with zero attached hydrogens (tertiary/aromatic N) is 2. The van der Waals surface area contributed by atoms with E-state index in [1.165, 1.54) is 0 Å². The maximum atomic E-state index is 11.1. The van der Waals surface area contributed by atoms with Crippen LogP contribution in [0.2, 0.25) is 0 Å². The van der Waals surface area contributed by atoms with Gasteiger partial charge in [-0.25, -0.2) is 9.78 Å². The van der Waals surface area contributed by atoms with Gasteiger partial charge in [0.1, 0.15) is 6.33 Å². The number of carboxylic acid groups (broad SMARTS) is 1. The smallest absolute Gasteiger partial charge is 0.335 e. The normalized spacial score (nSPS) is 11.0. The van der Waals surface area contributed by atoms with Crippen molar-refractivity contribution < 1.29 is 9.90 Å². The monoisotopic (exact) mass is 344 g/mol. The largest absolute Gasteiger partial charge is 0.478 e. The van der Waals surface area contributed by atoms with Crippen molar-refractivity contribution in [3.8, 4) is 5.69 Å². The molecule has 2 aromatic carbocycles. The minimum atomic E-state index is -0.937. The lowest BCUT2D eigenvalue weighted by molar-refractivity contribution is 0.0697. The summed E-state index contributed by atoms with van der Waals surface area (Å²) in [5.74, 6) is -0.937. The summed E-state index contributed by atoms with van der Waals surface area (Å²) in [5, 5.41) is 9.13. The van der Waals surface area contributed by atoms with Crippen LogP contribution in [0.3, 0.4) is 0 Å². The second-order valence-electron chi connectivity index (χ2n) is 5.02. The zero-order chi connectivity index (χ0) is 15.1. The third kappa shape index (κ3) is 2.34. The molecule has 0 saturated carbocycles. The number of hydrogen-bond donors (Lipinski definition) is 1. The molecule has 4 nitrogen and oxygen atoms in total. The number of carboxylic acids is 1. The predicted octanol–water partition coefficient (Wildman–Crippen LogP) is 4.10. The van der Waals surface area contributed by atoms with Crippen molar-refractivity contribution in [2.24, 2.45) is 0 Å². The summed E-state index contributed by atoms with van der Waals surface area (Å²) in [5.41, 5.74) is 5.05. The molecular weight excluding hydrogens is 332 g/mol. The second-order valence-corrected chi connectivity index (χ2v) is 5.81. The van der Waals surface area contributed by atoms with E-state index in [2.05, 4.69) is 20.9 Å². The molecule has 0 radical (unpaired) electrons. The van der Waals surface area contributed by atoms with Gasteiger partial charge in [0.15, 0.2) is 0 Å². The van der Waals surface area contributed by atoms with Crippen molar-refractivity contribution in [1.29, 1.82) is 0 Å². The SMILES string of the molecule is Cc1cc(-n2cnc3ccc(C(=O)O)cc32)cc(C)c1Br. The fourth-order valence-corrected chi connectivity index (χ4v) is 2.64. The number of imidazole rings is 1. The van der Waals surface area contributed by atoms with Gasteiger partial charge in [0.25, 0.3) is 0 Å². The van der Waals surface area contributed by atoms with Gasteiger partial charge in [-0.1, -0.05) is 15.9 Å². The minimum Gasteiger partial charge on any atom is -0.478 e. The molecule has 3 aromatic rings. The zero-order valence-corrected chi connectivity index (χ0v) is 13.2. The maximum Gasteiger partial charge on any atom is 0.335 e. The average molecular weight is 345 g/mol. The molecule has 0 aliphatic heterocycles. The standard InChI is InChI=1S/C16H13BrN2O2/c1-9-5-12(6-10(2)15(9)17)19-8-18-13-4-3-11(16(20)21)7-14(13)19/h3-8H,1-2H3,(H,20,21). The summed E-state index contributed by atoms with van der Waals surface area (Å²) >= 11 is 3.55. The Morgan fingerprint density at radius 3 is 2.48 bits per heavy atom. The van der Waals surface area contributed by atoms with E-state index in [-0.39, 0.29) is 5.56 Å². The van der Waals surface area contributed by atoms with Gasteiger partial charge >= 0.3 is 5.97 Å². The number of fused-ring (bicyclic) bond motifs is 1. The fourth-order valence-electron chi connectivity index (χ4n) is 2.41. The first kappa shape index (κ1) is 13.8. The summed E-state index contributed by atoms with van der Waals surface area (Å²) in [6.45, 7) is 4.06. The topological polar surface area (TPSA) is 55.1 Å². The first-order valence-corrected chi connectivity index (χ1v) is 7.24. The van der Waals surface area contributed by atoms with Crippen molar-refractivity contribution in [1.82, 2.24) is 9.55 Å². The molecule has 0 unspecified atom stereocenters. The second kappa shape index (κ2) is 5.00. The van der Waals surface area contributed by atoms with Crippen molar-refractivity contribution in [3.63, 3.8) is 0 Å². The summed E-state index contributed by atoms with van der Waals surface area (Å²) in [6.07, 6.45) is 1.72. The highest BCUT2D eigenvalue weighted by molar-refractivity contribution is 9.10. The van der Waals surface area contributed by atoms with Crippen molar-refractivity contribution >= 4 is 32.9 Å². The molecule has 1 N–H and O–H groups in total. The first-order valence-electron chi connectivity index (χ1n) is 6.45. The number of aromatic carboxylic acids is 1. The van der Waals surface area contributed by atoms with Gasteiger partial charge in [-0.2, -0.15) is 0 Å². The molecule has 1 aromatic heterocycles. The molecule has 0 aliphatic carbocycles. The van der Waals surface area contributed by atoms with Crippen LogP contribution in [-0.4, -0.2) is 20.6 Å². The van der Waals surface area contributed by atoms with Crippen LogP contribution in [0.25, 0.3) is 16.7 Å². The molecule has 0 atom stereocenters. The molecule has 1 heterocycles. The number of rotatable bonds is 2. The lowest BCUT2D eigenvalue weighted by atomic mass is 10.1. The van der Waals surface area contributed by atoms with Gasteiger partial charge in [0.05, 0.1) is 16.6 Å². The van der Waals surface area contributed by atoms with Crippen LogP contribution in [0.1, 0.15) is 21.5 Å². The predicted molar refractivity (Wildman–Crippen MR) is 85.2 cm³/mol. The highest BCUT2D eigenvalue weighted by Crippen LogP contribution is 2.26. The van der Waals surface area contributed by atoms with E-state index >= 15 is 0 Å². The van der Waals surface area contributed by atoms with E-state index in [9.17, 15) is 4.79 Å². The third-order valence-electron chi connectivity index (χ3n) is 3.49. The average Bonchev–Trinajstić information content (AvgIpc) is 2.87. The lowest BCUT2D eigenvalue weighted by Crippen LogP contribution is -1.98. The summed E-state index contributed by atoms with van der Waals surface area (Å²) in [6, 6.07) is 9.04. The number of benzene rings is 2. The summed E-state index contributed by atoms with van der Waals surface area (Å²) in [7, 11) is 0.